The minimum Gasteiger partial charge on any atom is -0.341 e. The lowest BCUT2D eigenvalue weighted by molar-refractivity contribution is -0.136. The van der Waals surface area contributed by atoms with Gasteiger partial charge in [-0.25, -0.2) is 9.53 Å². The van der Waals surface area contributed by atoms with Crippen molar-refractivity contribution in [2.24, 2.45) is 11.1 Å². The van der Waals surface area contributed by atoms with E-state index in [0.29, 0.717) is 18.4 Å². The predicted molar refractivity (Wildman–Crippen MR) is 80.3 cm³/mol. The summed E-state index contributed by atoms with van der Waals surface area (Å²) in [6, 6.07) is 6.33. The summed E-state index contributed by atoms with van der Waals surface area (Å²) in [5.74, 6) is -0.696. The second-order valence-electron chi connectivity index (χ2n) is 5.50. The summed E-state index contributed by atoms with van der Waals surface area (Å²) in [4.78, 5) is 13.9. The molecule has 1 aromatic rings. The van der Waals surface area contributed by atoms with Crippen LogP contribution in [0.3, 0.4) is 0 Å². The molecule has 0 aliphatic carbocycles. The quantitative estimate of drug-likeness (QED) is 0.882. The van der Waals surface area contributed by atoms with E-state index in [2.05, 4.69) is 0 Å². The molecule has 122 valence electrons. The molecular formula is C14H20FN3O3S. The van der Waals surface area contributed by atoms with Gasteiger partial charge in [-0.15, -0.1) is 0 Å². The summed E-state index contributed by atoms with van der Waals surface area (Å²) in [7, 11) is -2.06. The highest BCUT2D eigenvalue weighted by Crippen LogP contribution is 2.21. The summed E-state index contributed by atoms with van der Waals surface area (Å²) in [6.45, 7) is 0.673. The van der Waals surface area contributed by atoms with Gasteiger partial charge in [0.2, 0.25) is 5.91 Å². The number of halogens is 1. The molecule has 2 N–H and O–H groups in total. The number of piperidine rings is 1. The molecule has 8 heteroatoms. The van der Waals surface area contributed by atoms with E-state index in [1.165, 1.54) is 15.3 Å². The Morgan fingerprint density at radius 3 is 2.50 bits per heavy atom. The zero-order chi connectivity index (χ0) is 16.3. The van der Waals surface area contributed by atoms with Gasteiger partial charge in [0, 0.05) is 38.2 Å². The number of rotatable bonds is 4. The van der Waals surface area contributed by atoms with E-state index in [-0.39, 0.29) is 37.3 Å². The number of hydrogen-bond acceptors (Lipinski definition) is 3. The number of benzene rings is 1. The highest BCUT2D eigenvalue weighted by molar-refractivity contribution is 7.86. The molecule has 0 unspecified atom stereocenters. The maximum atomic E-state index is 13.6. The van der Waals surface area contributed by atoms with E-state index < -0.39 is 10.2 Å². The van der Waals surface area contributed by atoms with Gasteiger partial charge in [-0.3, -0.25) is 4.79 Å². The van der Waals surface area contributed by atoms with Crippen LogP contribution in [0.5, 0.6) is 0 Å². The maximum Gasteiger partial charge on any atom is 0.276 e. The Morgan fingerprint density at radius 1 is 1.36 bits per heavy atom. The molecule has 2 rings (SSSR count). The molecule has 1 amide bonds. The maximum absolute atomic E-state index is 13.6. The first-order valence-electron chi connectivity index (χ1n) is 7.05. The fourth-order valence-electron chi connectivity index (χ4n) is 2.63. The van der Waals surface area contributed by atoms with Crippen LogP contribution in [0.2, 0.25) is 0 Å². The zero-order valence-electron chi connectivity index (χ0n) is 12.4. The number of amides is 1. The van der Waals surface area contributed by atoms with Crippen molar-refractivity contribution in [1.29, 1.82) is 0 Å². The Labute approximate surface area is 129 Å². The Kier molecular flexibility index (Phi) is 5.15. The van der Waals surface area contributed by atoms with Crippen LogP contribution in [0.25, 0.3) is 0 Å². The molecule has 1 aromatic carbocycles. The van der Waals surface area contributed by atoms with Crippen LogP contribution >= 0.6 is 0 Å². The van der Waals surface area contributed by atoms with Crippen molar-refractivity contribution < 1.29 is 17.6 Å². The van der Waals surface area contributed by atoms with Crippen LogP contribution in [-0.2, 0) is 21.5 Å². The highest BCUT2D eigenvalue weighted by Gasteiger charge is 2.30. The van der Waals surface area contributed by atoms with Gasteiger partial charge in [0.05, 0.1) is 0 Å². The monoisotopic (exact) mass is 329 g/mol. The van der Waals surface area contributed by atoms with Crippen LogP contribution in [0, 0.1) is 11.7 Å². The number of hydrogen-bond donors (Lipinski definition) is 1. The van der Waals surface area contributed by atoms with Gasteiger partial charge in [-0.1, -0.05) is 18.2 Å². The van der Waals surface area contributed by atoms with Gasteiger partial charge in [0.1, 0.15) is 5.82 Å². The van der Waals surface area contributed by atoms with Crippen molar-refractivity contribution in [3.8, 4) is 0 Å². The summed E-state index contributed by atoms with van der Waals surface area (Å²) >= 11 is 0. The standard InChI is InChI=1S/C14H20FN3O3S/c1-17(10-12-4-2-3-5-13(12)15)14(19)11-6-8-18(9-7-11)22(16,20)21/h2-5,11H,6-10H2,1H3,(H2,16,20,21). The van der Waals surface area contributed by atoms with E-state index in [1.54, 1.807) is 25.2 Å². The predicted octanol–water partition coefficient (Wildman–Crippen LogP) is 0.700. The Morgan fingerprint density at radius 2 is 1.95 bits per heavy atom. The lowest BCUT2D eigenvalue weighted by Crippen LogP contribution is -2.45. The molecular weight excluding hydrogens is 309 g/mol. The molecule has 1 fully saturated rings. The van der Waals surface area contributed by atoms with E-state index in [0.717, 1.165) is 0 Å². The number of nitrogens with zero attached hydrogens (tertiary/aromatic N) is 2. The lowest BCUT2D eigenvalue weighted by atomic mass is 9.96. The van der Waals surface area contributed by atoms with Crippen LogP contribution in [0.1, 0.15) is 18.4 Å². The molecule has 0 aromatic heterocycles. The largest absolute Gasteiger partial charge is 0.341 e. The Hall–Kier alpha value is -1.51. The van der Waals surface area contributed by atoms with Crippen molar-refractivity contribution in [1.82, 2.24) is 9.21 Å². The minimum atomic E-state index is -3.69. The fraction of sp³-hybridized carbons (Fsp3) is 0.500. The second-order valence-corrected chi connectivity index (χ2v) is 7.05. The first kappa shape index (κ1) is 16.9. The van der Waals surface area contributed by atoms with Gasteiger partial charge in [0.15, 0.2) is 0 Å². The zero-order valence-corrected chi connectivity index (χ0v) is 13.2. The third-order valence-electron chi connectivity index (χ3n) is 3.90. The third-order valence-corrected chi connectivity index (χ3v) is 4.99. The molecule has 0 radical (unpaired) electrons. The summed E-state index contributed by atoms with van der Waals surface area (Å²) in [5.41, 5.74) is 0.459. The molecule has 0 saturated carbocycles. The Balaban J connectivity index is 1.94. The van der Waals surface area contributed by atoms with E-state index in [9.17, 15) is 17.6 Å². The van der Waals surface area contributed by atoms with Gasteiger partial charge < -0.3 is 4.90 Å². The molecule has 1 saturated heterocycles. The average Bonchev–Trinajstić information content (AvgIpc) is 2.48. The van der Waals surface area contributed by atoms with E-state index in [1.807, 2.05) is 0 Å². The number of carbonyl (C=O) groups excluding carboxylic acids is 1. The number of carbonyl (C=O) groups is 1. The molecule has 1 heterocycles. The van der Waals surface area contributed by atoms with Crippen molar-refractivity contribution in [2.75, 3.05) is 20.1 Å². The van der Waals surface area contributed by atoms with Gasteiger partial charge in [0.25, 0.3) is 10.2 Å². The Bertz CT molecular complexity index is 642. The van der Waals surface area contributed by atoms with Crippen LogP contribution in [0.15, 0.2) is 24.3 Å². The molecule has 0 spiro atoms. The lowest BCUT2D eigenvalue weighted by Gasteiger charge is -2.31. The van der Waals surface area contributed by atoms with Gasteiger partial charge in [-0.2, -0.15) is 12.7 Å². The van der Waals surface area contributed by atoms with Crippen molar-refractivity contribution >= 4 is 16.1 Å². The number of nitrogens with two attached hydrogens (primary N) is 1. The summed E-state index contributed by atoms with van der Waals surface area (Å²) < 4.78 is 37.3. The van der Waals surface area contributed by atoms with Crippen molar-refractivity contribution in [3.05, 3.63) is 35.6 Å². The van der Waals surface area contributed by atoms with Crippen LogP contribution < -0.4 is 5.14 Å². The molecule has 1 aliphatic heterocycles. The minimum absolute atomic E-state index is 0.0997. The highest BCUT2D eigenvalue weighted by atomic mass is 32.2. The van der Waals surface area contributed by atoms with Crippen LogP contribution in [0.4, 0.5) is 4.39 Å². The van der Waals surface area contributed by atoms with Crippen molar-refractivity contribution in [3.63, 3.8) is 0 Å². The van der Waals surface area contributed by atoms with E-state index >= 15 is 0 Å². The summed E-state index contributed by atoms with van der Waals surface area (Å²) in [6.07, 6.45) is 0.855. The third kappa shape index (κ3) is 4.02. The molecule has 6 nitrogen and oxygen atoms in total. The molecule has 0 atom stereocenters. The smallest absolute Gasteiger partial charge is 0.276 e. The normalized spacial score (nSPS) is 17.4. The van der Waals surface area contributed by atoms with E-state index in [4.69, 9.17) is 5.14 Å². The summed E-state index contributed by atoms with van der Waals surface area (Å²) in [5, 5.41) is 5.07. The second kappa shape index (κ2) is 6.72. The SMILES string of the molecule is CN(Cc1ccccc1F)C(=O)C1CCN(S(N)(=O)=O)CC1. The average molecular weight is 329 g/mol. The van der Waals surface area contributed by atoms with Crippen molar-refractivity contribution in [2.45, 2.75) is 19.4 Å². The first-order valence-corrected chi connectivity index (χ1v) is 8.55. The van der Waals surface area contributed by atoms with Crippen LogP contribution in [-0.4, -0.2) is 43.7 Å². The molecule has 0 bridgehead atoms. The topological polar surface area (TPSA) is 83.7 Å². The van der Waals surface area contributed by atoms with Gasteiger partial charge in [-0.05, 0) is 18.9 Å². The van der Waals surface area contributed by atoms with Gasteiger partial charge >= 0.3 is 0 Å². The molecule has 22 heavy (non-hydrogen) atoms. The fourth-order valence-corrected chi connectivity index (χ4v) is 3.35. The first-order chi connectivity index (χ1) is 10.3. The molecule has 1 aliphatic rings.